The maximum Gasteiger partial charge on any atom is 0.0973 e. The van der Waals surface area contributed by atoms with Gasteiger partial charge >= 0.3 is 0 Å². The highest BCUT2D eigenvalue weighted by atomic mass is 19.1. The second-order valence-electron chi connectivity index (χ2n) is 1.57. The van der Waals surface area contributed by atoms with Crippen molar-refractivity contribution in [1.82, 2.24) is 0 Å². The van der Waals surface area contributed by atoms with Gasteiger partial charge in [-0.1, -0.05) is 20.8 Å². The highest BCUT2D eigenvalue weighted by Gasteiger charge is 1.90. The summed E-state index contributed by atoms with van der Waals surface area (Å²) in [6, 6.07) is 0. The normalized spacial score (nSPS) is 12.4. The number of hydrogen-bond acceptors (Lipinski definition) is 0. The summed E-state index contributed by atoms with van der Waals surface area (Å²) in [5.41, 5.74) is 0. The number of alkyl halides is 1. The van der Waals surface area contributed by atoms with E-state index in [0.29, 0.717) is 6.42 Å². The fourth-order valence-electron chi connectivity index (χ4n) is 0.398. The van der Waals surface area contributed by atoms with Crippen LogP contribution in [0.15, 0.2) is 0 Å². The van der Waals surface area contributed by atoms with E-state index >= 15 is 0 Å². The molecule has 0 spiro atoms. The van der Waals surface area contributed by atoms with Crippen molar-refractivity contribution >= 4 is 0 Å². The molecular formula is C6H15F. The minimum Gasteiger partial charge on any atom is -0.248 e. The molecule has 0 fully saturated rings. The van der Waals surface area contributed by atoms with Crippen LogP contribution in [0.2, 0.25) is 0 Å². The van der Waals surface area contributed by atoms with Crippen LogP contribution in [0.3, 0.4) is 0 Å². The third kappa shape index (κ3) is 10.7. The largest absolute Gasteiger partial charge is 0.248 e. The predicted octanol–water partition coefficient (Wildman–Crippen LogP) is 2.78. The van der Waals surface area contributed by atoms with Gasteiger partial charge in [0.05, 0.1) is 6.17 Å². The lowest BCUT2D eigenvalue weighted by Gasteiger charge is -1.91. The number of rotatable bonds is 2. The van der Waals surface area contributed by atoms with E-state index in [4.69, 9.17) is 0 Å². The molecule has 0 N–H and O–H groups in total. The Balaban J connectivity index is 0. The van der Waals surface area contributed by atoms with E-state index in [2.05, 4.69) is 0 Å². The molecule has 0 saturated heterocycles. The van der Waals surface area contributed by atoms with Gasteiger partial charge in [0.2, 0.25) is 0 Å². The topological polar surface area (TPSA) is 0 Å². The van der Waals surface area contributed by atoms with Crippen molar-refractivity contribution in [1.29, 1.82) is 0 Å². The third-order valence-corrected chi connectivity index (χ3v) is 0.686. The molecule has 0 saturated carbocycles. The first-order valence-corrected chi connectivity index (χ1v) is 2.41. The smallest absolute Gasteiger partial charge is 0.0973 e. The second-order valence-corrected chi connectivity index (χ2v) is 1.57. The van der Waals surface area contributed by atoms with Gasteiger partial charge in [-0.25, -0.2) is 4.39 Å². The van der Waals surface area contributed by atoms with E-state index in [1.54, 1.807) is 6.92 Å². The average Bonchev–Trinajstić information content (AvgIpc) is 1.35. The zero-order chi connectivity index (χ0) is 4.99. The maximum absolute atomic E-state index is 11.7. The highest BCUT2D eigenvalue weighted by molar-refractivity contribution is 4.41. The first-order valence-electron chi connectivity index (χ1n) is 2.41. The van der Waals surface area contributed by atoms with Crippen molar-refractivity contribution in [3.8, 4) is 0 Å². The number of halogens is 1. The van der Waals surface area contributed by atoms with Gasteiger partial charge in [-0.15, -0.1) is 0 Å². The van der Waals surface area contributed by atoms with Crippen molar-refractivity contribution in [3.05, 3.63) is 0 Å². The molecule has 0 aromatic carbocycles. The van der Waals surface area contributed by atoms with E-state index in [1.807, 2.05) is 6.92 Å². The van der Waals surface area contributed by atoms with Crippen molar-refractivity contribution in [3.63, 3.8) is 0 Å². The predicted molar refractivity (Wildman–Crippen MR) is 32.2 cm³/mol. The summed E-state index contributed by atoms with van der Waals surface area (Å²) < 4.78 is 11.7. The van der Waals surface area contributed by atoms with Crippen LogP contribution in [-0.4, -0.2) is 6.17 Å². The molecule has 0 radical (unpaired) electrons. The summed E-state index contributed by atoms with van der Waals surface area (Å²) in [6.45, 7) is 3.57. The lowest BCUT2D eigenvalue weighted by Crippen LogP contribution is -1.87. The molecule has 0 aliphatic heterocycles. The molecule has 1 unspecified atom stereocenters. The van der Waals surface area contributed by atoms with Gasteiger partial charge in [0, 0.05) is 0 Å². The Labute approximate surface area is 45.7 Å². The summed E-state index contributed by atoms with van der Waals surface area (Å²) in [4.78, 5) is 0. The standard InChI is InChI=1S/C5H11F.CH4/c1-3-4-5(2)6;/h5H,3-4H2,1-2H3;1H4. The first-order chi connectivity index (χ1) is 2.77. The molecule has 0 heterocycles. The quantitative estimate of drug-likeness (QED) is 0.507. The van der Waals surface area contributed by atoms with Crippen molar-refractivity contribution in [2.24, 2.45) is 0 Å². The van der Waals surface area contributed by atoms with Crippen LogP contribution in [0.4, 0.5) is 4.39 Å². The molecule has 46 valence electrons. The highest BCUT2D eigenvalue weighted by Crippen LogP contribution is 1.97. The Hall–Kier alpha value is -0.0700. The molecule has 0 rings (SSSR count). The van der Waals surface area contributed by atoms with Gasteiger partial charge in [0.15, 0.2) is 0 Å². The van der Waals surface area contributed by atoms with Crippen LogP contribution in [0.1, 0.15) is 34.1 Å². The molecular weight excluding hydrogens is 91.1 g/mol. The van der Waals surface area contributed by atoms with Crippen LogP contribution in [0.25, 0.3) is 0 Å². The van der Waals surface area contributed by atoms with E-state index in [0.717, 1.165) is 6.42 Å². The molecule has 7 heavy (non-hydrogen) atoms. The molecule has 0 nitrogen and oxygen atoms in total. The molecule has 0 aliphatic rings. The Bertz CT molecular complexity index is 25.4. The van der Waals surface area contributed by atoms with E-state index in [9.17, 15) is 4.39 Å². The number of hydrogen-bond donors (Lipinski definition) is 0. The van der Waals surface area contributed by atoms with Gasteiger partial charge in [-0.3, -0.25) is 0 Å². The maximum atomic E-state index is 11.7. The van der Waals surface area contributed by atoms with E-state index < -0.39 is 6.17 Å². The lowest BCUT2D eigenvalue weighted by molar-refractivity contribution is 0.339. The molecule has 0 amide bonds. The second kappa shape index (κ2) is 5.93. The summed E-state index contributed by atoms with van der Waals surface area (Å²) in [7, 11) is 0. The summed E-state index contributed by atoms with van der Waals surface area (Å²) >= 11 is 0. The van der Waals surface area contributed by atoms with Gasteiger partial charge in [-0.2, -0.15) is 0 Å². The summed E-state index contributed by atoms with van der Waals surface area (Å²) in [6.07, 6.45) is 1.06. The summed E-state index contributed by atoms with van der Waals surface area (Å²) in [5.74, 6) is 0. The molecule has 1 heteroatoms. The molecule has 1 atom stereocenters. The van der Waals surface area contributed by atoms with Crippen molar-refractivity contribution in [2.45, 2.75) is 40.3 Å². The Kier molecular flexibility index (Phi) is 8.49. The molecule has 0 aliphatic carbocycles. The first kappa shape index (κ1) is 10.0. The minimum absolute atomic E-state index is 0. The Morgan fingerprint density at radius 2 is 2.00 bits per heavy atom. The van der Waals surface area contributed by atoms with Crippen molar-refractivity contribution < 1.29 is 4.39 Å². The minimum atomic E-state index is -0.602. The Morgan fingerprint density at radius 3 is 2.00 bits per heavy atom. The van der Waals surface area contributed by atoms with Crippen LogP contribution < -0.4 is 0 Å². The van der Waals surface area contributed by atoms with Gasteiger partial charge in [-0.05, 0) is 13.3 Å². The van der Waals surface area contributed by atoms with Gasteiger partial charge < -0.3 is 0 Å². The van der Waals surface area contributed by atoms with E-state index in [-0.39, 0.29) is 7.43 Å². The Morgan fingerprint density at radius 1 is 1.57 bits per heavy atom. The SMILES string of the molecule is C.CCCC(C)F. The molecule has 0 aromatic heterocycles. The monoisotopic (exact) mass is 106 g/mol. The van der Waals surface area contributed by atoms with Crippen LogP contribution in [-0.2, 0) is 0 Å². The fraction of sp³-hybridized carbons (Fsp3) is 1.00. The van der Waals surface area contributed by atoms with Gasteiger partial charge in [0.1, 0.15) is 0 Å². The summed E-state index contributed by atoms with van der Waals surface area (Å²) in [5, 5.41) is 0. The molecule has 0 aromatic rings. The third-order valence-electron chi connectivity index (χ3n) is 0.686. The zero-order valence-electron chi connectivity index (χ0n) is 4.37. The van der Waals surface area contributed by atoms with Crippen molar-refractivity contribution in [2.75, 3.05) is 0 Å². The molecule has 0 bridgehead atoms. The zero-order valence-corrected chi connectivity index (χ0v) is 4.37. The van der Waals surface area contributed by atoms with Crippen LogP contribution in [0.5, 0.6) is 0 Å². The van der Waals surface area contributed by atoms with Crippen LogP contribution in [0, 0.1) is 0 Å². The fourth-order valence-corrected chi connectivity index (χ4v) is 0.398. The lowest BCUT2D eigenvalue weighted by atomic mass is 10.2. The average molecular weight is 106 g/mol. The van der Waals surface area contributed by atoms with Gasteiger partial charge in [0.25, 0.3) is 0 Å². The van der Waals surface area contributed by atoms with Crippen LogP contribution >= 0.6 is 0 Å². The van der Waals surface area contributed by atoms with E-state index in [1.165, 1.54) is 0 Å².